The predicted octanol–water partition coefficient (Wildman–Crippen LogP) is 3.51. The lowest BCUT2D eigenvalue weighted by molar-refractivity contribution is -0.112. The standard InChI is InChI=1S/C20H23N7O2/c1-12-14(22-24-17-15(21-5)16(23-25-17)20(2,3)4)18(28)27(19(29)26(12)6)13-10-8-7-9-11-13/h7-12H,1-4,6H3,(H2,23,24,25)/b22-14-. The van der Waals surface area contributed by atoms with Gasteiger partial charge in [-0.1, -0.05) is 39.0 Å². The summed E-state index contributed by atoms with van der Waals surface area (Å²) >= 11 is 0. The number of hydrazone groups is 1. The number of amides is 3. The average molecular weight is 393 g/mol. The normalized spacial score (nSPS) is 18.9. The van der Waals surface area contributed by atoms with Crippen LogP contribution in [0.3, 0.4) is 0 Å². The Labute approximate surface area is 169 Å². The Morgan fingerprint density at radius 2 is 1.90 bits per heavy atom. The molecule has 0 aliphatic carbocycles. The van der Waals surface area contributed by atoms with E-state index < -0.39 is 18.0 Å². The Morgan fingerprint density at radius 3 is 2.48 bits per heavy atom. The van der Waals surface area contributed by atoms with Crippen molar-refractivity contribution in [1.82, 2.24) is 15.1 Å². The summed E-state index contributed by atoms with van der Waals surface area (Å²) < 4.78 is 0. The molecule has 1 fully saturated rings. The van der Waals surface area contributed by atoms with Crippen molar-refractivity contribution in [2.45, 2.75) is 39.2 Å². The number of carbonyl (C=O) groups excluding carboxylic acids is 2. The molecular weight excluding hydrogens is 370 g/mol. The van der Waals surface area contributed by atoms with Gasteiger partial charge in [-0.3, -0.25) is 15.3 Å². The summed E-state index contributed by atoms with van der Waals surface area (Å²) in [6, 6.07) is 7.72. The van der Waals surface area contributed by atoms with Crippen molar-refractivity contribution in [1.29, 1.82) is 0 Å². The molecule has 0 radical (unpaired) electrons. The van der Waals surface area contributed by atoms with Crippen LogP contribution >= 0.6 is 0 Å². The van der Waals surface area contributed by atoms with Gasteiger partial charge in [0, 0.05) is 12.7 Å². The smallest absolute Gasteiger partial charge is 0.318 e. The molecule has 1 saturated heterocycles. The van der Waals surface area contributed by atoms with E-state index in [4.69, 9.17) is 6.57 Å². The molecule has 9 heteroatoms. The number of nitrogens with one attached hydrogen (secondary N) is 2. The van der Waals surface area contributed by atoms with Gasteiger partial charge in [0.05, 0.1) is 18.3 Å². The number of urea groups is 1. The molecule has 3 amide bonds. The van der Waals surface area contributed by atoms with E-state index in [0.29, 0.717) is 17.1 Å². The van der Waals surface area contributed by atoms with Crippen LogP contribution in [0.1, 0.15) is 33.4 Å². The minimum absolute atomic E-state index is 0.146. The van der Waals surface area contributed by atoms with Gasteiger partial charge in [-0.15, -0.1) is 0 Å². The Bertz CT molecular complexity index is 1010. The summed E-state index contributed by atoms with van der Waals surface area (Å²) in [6.45, 7) is 15.1. The van der Waals surface area contributed by atoms with Crippen molar-refractivity contribution in [3.05, 3.63) is 47.4 Å². The highest BCUT2D eigenvalue weighted by Crippen LogP contribution is 2.35. The predicted molar refractivity (Wildman–Crippen MR) is 111 cm³/mol. The number of rotatable bonds is 3. The lowest BCUT2D eigenvalue weighted by atomic mass is 9.91. The Balaban J connectivity index is 1.96. The zero-order valence-corrected chi connectivity index (χ0v) is 17.0. The van der Waals surface area contributed by atoms with Crippen LogP contribution in [0.2, 0.25) is 0 Å². The number of carbonyl (C=O) groups is 2. The molecular formula is C20H23N7O2. The quantitative estimate of drug-likeness (QED) is 0.616. The van der Waals surface area contributed by atoms with Crippen molar-refractivity contribution in [2.24, 2.45) is 5.10 Å². The summed E-state index contributed by atoms with van der Waals surface area (Å²) in [5.41, 5.74) is 4.05. The topological polar surface area (TPSA) is 98.0 Å². The van der Waals surface area contributed by atoms with Crippen LogP contribution in [0, 0.1) is 6.57 Å². The fourth-order valence-electron chi connectivity index (χ4n) is 2.99. The average Bonchev–Trinajstić information content (AvgIpc) is 3.10. The maximum Gasteiger partial charge on any atom is 0.331 e. The zero-order chi connectivity index (χ0) is 21.3. The Hall–Kier alpha value is -3.67. The van der Waals surface area contributed by atoms with Gasteiger partial charge in [-0.2, -0.15) is 10.2 Å². The van der Waals surface area contributed by atoms with Crippen LogP contribution < -0.4 is 10.3 Å². The van der Waals surface area contributed by atoms with Crippen LogP contribution in [0.25, 0.3) is 4.85 Å². The first kappa shape index (κ1) is 20.1. The number of hydrogen-bond donors (Lipinski definition) is 2. The number of para-hydroxylation sites is 1. The van der Waals surface area contributed by atoms with Crippen molar-refractivity contribution in [2.75, 3.05) is 17.4 Å². The van der Waals surface area contributed by atoms with E-state index >= 15 is 0 Å². The van der Waals surface area contributed by atoms with Gasteiger partial charge < -0.3 is 4.90 Å². The molecule has 9 nitrogen and oxygen atoms in total. The number of H-pyrrole nitrogens is 1. The maximum atomic E-state index is 13.1. The molecule has 1 unspecified atom stereocenters. The van der Waals surface area contributed by atoms with E-state index in [9.17, 15) is 9.59 Å². The number of imide groups is 1. The van der Waals surface area contributed by atoms with Crippen LogP contribution in [0.5, 0.6) is 0 Å². The largest absolute Gasteiger partial charge is 0.331 e. The van der Waals surface area contributed by atoms with Crippen molar-refractivity contribution in [3.63, 3.8) is 0 Å². The first-order valence-corrected chi connectivity index (χ1v) is 9.13. The molecule has 0 saturated carbocycles. The van der Waals surface area contributed by atoms with Gasteiger partial charge >= 0.3 is 6.03 Å². The number of aromatic amines is 1. The van der Waals surface area contributed by atoms with Crippen LogP contribution in [-0.4, -0.2) is 45.8 Å². The van der Waals surface area contributed by atoms with Crippen molar-refractivity contribution < 1.29 is 9.59 Å². The summed E-state index contributed by atoms with van der Waals surface area (Å²) in [5.74, 6) is -0.279. The molecule has 150 valence electrons. The summed E-state index contributed by atoms with van der Waals surface area (Å²) in [6.07, 6.45) is 0. The molecule has 3 rings (SSSR count). The molecule has 0 bridgehead atoms. The summed E-state index contributed by atoms with van der Waals surface area (Å²) in [4.78, 5) is 31.8. The van der Waals surface area contributed by atoms with E-state index in [0.717, 1.165) is 4.90 Å². The third kappa shape index (κ3) is 3.57. The minimum Gasteiger partial charge on any atom is -0.318 e. The van der Waals surface area contributed by atoms with Crippen LogP contribution in [-0.2, 0) is 10.2 Å². The lowest BCUT2D eigenvalue weighted by Crippen LogP contribution is -2.60. The van der Waals surface area contributed by atoms with Crippen molar-refractivity contribution in [3.8, 4) is 0 Å². The van der Waals surface area contributed by atoms with E-state index in [1.807, 2.05) is 26.8 Å². The molecule has 1 aliphatic heterocycles. The molecule has 1 aromatic heterocycles. The molecule has 1 aliphatic rings. The fraction of sp³-hybridized carbons (Fsp3) is 0.350. The Kier molecular flexibility index (Phi) is 5.12. The Morgan fingerprint density at radius 1 is 1.24 bits per heavy atom. The zero-order valence-electron chi connectivity index (χ0n) is 17.0. The van der Waals surface area contributed by atoms with Gasteiger partial charge in [-0.05, 0) is 24.5 Å². The SMILES string of the molecule is [C-]#[N+]c1c(N/N=C2\C(=O)N(c3ccccc3)C(=O)N(C)C2C)n[nH]c1C(C)(C)C. The fourth-order valence-corrected chi connectivity index (χ4v) is 2.99. The van der Waals surface area contributed by atoms with Crippen molar-refractivity contribution >= 4 is 34.8 Å². The second-order valence-electron chi connectivity index (χ2n) is 7.81. The number of nitrogens with zero attached hydrogens (tertiary/aromatic N) is 5. The second kappa shape index (κ2) is 7.39. The number of hydrogen-bond acceptors (Lipinski definition) is 5. The third-order valence-corrected chi connectivity index (χ3v) is 4.79. The number of anilines is 2. The molecule has 2 heterocycles. The van der Waals surface area contributed by atoms with Gasteiger partial charge in [0.15, 0.2) is 5.82 Å². The van der Waals surface area contributed by atoms with Gasteiger partial charge in [0.2, 0.25) is 0 Å². The van der Waals surface area contributed by atoms with E-state index in [2.05, 4.69) is 25.6 Å². The maximum absolute atomic E-state index is 13.1. The molecule has 29 heavy (non-hydrogen) atoms. The molecule has 0 spiro atoms. The highest BCUT2D eigenvalue weighted by Gasteiger charge is 2.41. The van der Waals surface area contributed by atoms with Gasteiger partial charge in [0.1, 0.15) is 5.71 Å². The second-order valence-corrected chi connectivity index (χ2v) is 7.81. The highest BCUT2D eigenvalue weighted by atomic mass is 16.2. The first-order valence-electron chi connectivity index (χ1n) is 9.13. The monoisotopic (exact) mass is 393 g/mol. The van der Waals surface area contributed by atoms with E-state index in [-0.39, 0.29) is 16.9 Å². The van der Waals surface area contributed by atoms with E-state index in [1.165, 1.54) is 4.90 Å². The van der Waals surface area contributed by atoms with E-state index in [1.54, 1.807) is 38.2 Å². The van der Waals surface area contributed by atoms with Gasteiger partial charge in [-0.25, -0.2) is 14.5 Å². The van der Waals surface area contributed by atoms with Crippen LogP contribution in [0.15, 0.2) is 35.4 Å². The molecule has 2 N–H and O–H groups in total. The number of benzene rings is 1. The molecule has 1 aromatic carbocycles. The van der Waals surface area contributed by atoms with Gasteiger partial charge in [0.25, 0.3) is 11.6 Å². The summed E-state index contributed by atoms with van der Waals surface area (Å²) in [7, 11) is 1.61. The lowest BCUT2D eigenvalue weighted by Gasteiger charge is -2.36. The first-order chi connectivity index (χ1) is 13.7. The molecule has 2 aromatic rings. The highest BCUT2D eigenvalue weighted by molar-refractivity contribution is 6.51. The summed E-state index contributed by atoms with van der Waals surface area (Å²) in [5, 5.41) is 11.2. The van der Waals surface area contributed by atoms with Crippen LogP contribution in [0.4, 0.5) is 22.0 Å². The number of aromatic nitrogens is 2. The molecule has 1 atom stereocenters. The third-order valence-electron chi connectivity index (χ3n) is 4.79. The minimum atomic E-state index is -0.542.